The van der Waals surface area contributed by atoms with Gasteiger partial charge in [0.05, 0.1) is 4.91 Å². The van der Waals surface area contributed by atoms with Crippen LogP contribution in [0.2, 0.25) is 0 Å². The Kier molecular flexibility index (Phi) is 6.06. The van der Waals surface area contributed by atoms with Crippen molar-refractivity contribution < 1.29 is 13.9 Å². The van der Waals surface area contributed by atoms with Crippen molar-refractivity contribution in [3.63, 3.8) is 0 Å². The van der Waals surface area contributed by atoms with Crippen molar-refractivity contribution in [3.05, 3.63) is 70.4 Å². The lowest BCUT2D eigenvalue weighted by Crippen LogP contribution is -2.28. The molecule has 26 heavy (non-hydrogen) atoms. The normalized spacial score (nSPS) is 15.8. The molecule has 0 aliphatic carbocycles. The SMILES string of the molecule is CCCN1C(=O)/C(=C\c2ccc(OCc3ccc(F)cc3)cc2)SC1=S. The van der Waals surface area contributed by atoms with E-state index in [0.29, 0.717) is 28.1 Å². The molecule has 1 saturated heterocycles. The Morgan fingerprint density at radius 2 is 1.85 bits per heavy atom. The molecular formula is C20H18FNO2S2. The number of halogens is 1. The highest BCUT2D eigenvalue weighted by molar-refractivity contribution is 8.26. The monoisotopic (exact) mass is 387 g/mol. The third kappa shape index (κ3) is 4.51. The molecule has 0 atom stereocenters. The van der Waals surface area contributed by atoms with E-state index in [1.165, 1.54) is 23.9 Å². The largest absolute Gasteiger partial charge is 0.489 e. The fourth-order valence-corrected chi connectivity index (χ4v) is 3.78. The second-order valence-electron chi connectivity index (χ2n) is 5.82. The van der Waals surface area contributed by atoms with E-state index >= 15 is 0 Å². The maximum Gasteiger partial charge on any atom is 0.266 e. The van der Waals surface area contributed by atoms with Crippen molar-refractivity contribution >= 4 is 40.3 Å². The number of benzene rings is 2. The maximum absolute atomic E-state index is 12.9. The Morgan fingerprint density at radius 3 is 2.50 bits per heavy atom. The average molecular weight is 388 g/mol. The van der Waals surface area contributed by atoms with Gasteiger partial charge in [-0.25, -0.2) is 4.39 Å². The minimum atomic E-state index is -0.262. The number of thiocarbonyl (C=S) groups is 1. The van der Waals surface area contributed by atoms with E-state index < -0.39 is 0 Å². The summed E-state index contributed by atoms with van der Waals surface area (Å²) in [7, 11) is 0. The van der Waals surface area contributed by atoms with Gasteiger partial charge >= 0.3 is 0 Å². The van der Waals surface area contributed by atoms with Gasteiger partial charge in [0.2, 0.25) is 0 Å². The molecule has 0 unspecified atom stereocenters. The van der Waals surface area contributed by atoms with Crippen LogP contribution in [0.5, 0.6) is 5.75 Å². The fraction of sp³-hybridized carbons (Fsp3) is 0.200. The molecule has 1 amide bonds. The zero-order chi connectivity index (χ0) is 18.5. The predicted molar refractivity (Wildman–Crippen MR) is 107 cm³/mol. The van der Waals surface area contributed by atoms with Gasteiger partial charge in [0.1, 0.15) is 22.5 Å². The first-order valence-electron chi connectivity index (χ1n) is 8.29. The Balaban J connectivity index is 1.63. The predicted octanol–water partition coefficient (Wildman–Crippen LogP) is 5.02. The zero-order valence-corrected chi connectivity index (χ0v) is 15.9. The van der Waals surface area contributed by atoms with Crippen molar-refractivity contribution in [1.29, 1.82) is 0 Å². The lowest BCUT2D eigenvalue weighted by molar-refractivity contribution is -0.122. The van der Waals surface area contributed by atoms with Crippen molar-refractivity contribution in [2.45, 2.75) is 20.0 Å². The Hall–Kier alpha value is -2.18. The Labute approximate surface area is 161 Å². The second-order valence-corrected chi connectivity index (χ2v) is 7.49. The lowest BCUT2D eigenvalue weighted by Gasteiger charge is -2.11. The van der Waals surface area contributed by atoms with Crippen LogP contribution in [0.1, 0.15) is 24.5 Å². The minimum absolute atomic E-state index is 0.0292. The number of hydrogen-bond donors (Lipinski definition) is 0. The molecular weight excluding hydrogens is 369 g/mol. The van der Waals surface area contributed by atoms with E-state index in [-0.39, 0.29) is 11.7 Å². The Bertz CT molecular complexity index is 832. The van der Waals surface area contributed by atoms with Crippen LogP contribution < -0.4 is 4.74 Å². The summed E-state index contributed by atoms with van der Waals surface area (Å²) < 4.78 is 19.2. The van der Waals surface area contributed by atoms with Crippen LogP contribution in [0.4, 0.5) is 4.39 Å². The standard InChI is InChI=1S/C20H18FNO2S2/c1-2-11-22-19(23)18(26-20(22)25)12-14-5-9-17(10-6-14)24-13-15-3-7-16(21)8-4-15/h3-10,12H,2,11,13H2,1H3/b18-12+. The molecule has 0 N–H and O–H groups in total. The molecule has 0 saturated carbocycles. The third-order valence-corrected chi connectivity index (χ3v) is 5.20. The van der Waals surface area contributed by atoms with E-state index in [1.54, 1.807) is 17.0 Å². The van der Waals surface area contributed by atoms with Gasteiger partial charge in [-0.2, -0.15) is 0 Å². The summed E-state index contributed by atoms with van der Waals surface area (Å²) >= 11 is 6.61. The van der Waals surface area contributed by atoms with E-state index in [1.807, 2.05) is 37.3 Å². The van der Waals surface area contributed by atoms with Crippen LogP contribution in [-0.2, 0) is 11.4 Å². The summed E-state index contributed by atoms with van der Waals surface area (Å²) in [5.41, 5.74) is 1.81. The number of rotatable bonds is 6. The smallest absolute Gasteiger partial charge is 0.266 e. The van der Waals surface area contributed by atoms with Gasteiger partial charge in [-0.15, -0.1) is 0 Å². The summed E-state index contributed by atoms with van der Waals surface area (Å²) in [6.45, 7) is 3.04. The van der Waals surface area contributed by atoms with E-state index in [4.69, 9.17) is 17.0 Å². The highest BCUT2D eigenvalue weighted by Gasteiger charge is 2.31. The molecule has 1 fully saturated rings. The number of ether oxygens (including phenoxy) is 1. The first kappa shape index (κ1) is 18.6. The molecule has 6 heteroatoms. The Morgan fingerprint density at radius 1 is 1.15 bits per heavy atom. The number of hydrogen-bond acceptors (Lipinski definition) is 4. The highest BCUT2D eigenvalue weighted by Crippen LogP contribution is 2.32. The number of nitrogens with zero attached hydrogens (tertiary/aromatic N) is 1. The molecule has 0 radical (unpaired) electrons. The van der Waals surface area contributed by atoms with Crippen molar-refractivity contribution in [1.82, 2.24) is 4.90 Å². The fourth-order valence-electron chi connectivity index (χ4n) is 2.48. The van der Waals surface area contributed by atoms with Crippen LogP contribution >= 0.6 is 24.0 Å². The summed E-state index contributed by atoms with van der Waals surface area (Å²) in [4.78, 5) is 14.6. The molecule has 1 heterocycles. The zero-order valence-electron chi connectivity index (χ0n) is 14.3. The van der Waals surface area contributed by atoms with Gasteiger partial charge in [0.15, 0.2) is 0 Å². The average Bonchev–Trinajstić information content (AvgIpc) is 2.90. The van der Waals surface area contributed by atoms with Gasteiger partial charge in [0.25, 0.3) is 5.91 Å². The molecule has 3 rings (SSSR count). The number of carbonyl (C=O) groups is 1. The second kappa shape index (κ2) is 8.47. The van der Waals surface area contributed by atoms with Gasteiger partial charge in [-0.3, -0.25) is 9.69 Å². The van der Waals surface area contributed by atoms with Crippen LogP contribution in [0, 0.1) is 5.82 Å². The molecule has 0 bridgehead atoms. The van der Waals surface area contributed by atoms with Crippen LogP contribution in [0.25, 0.3) is 6.08 Å². The van der Waals surface area contributed by atoms with Crippen LogP contribution in [0.15, 0.2) is 53.4 Å². The third-order valence-electron chi connectivity index (χ3n) is 3.82. The topological polar surface area (TPSA) is 29.5 Å². The number of amides is 1. The lowest BCUT2D eigenvalue weighted by atomic mass is 10.2. The first-order valence-corrected chi connectivity index (χ1v) is 9.52. The van der Waals surface area contributed by atoms with Crippen LogP contribution in [0.3, 0.4) is 0 Å². The molecule has 3 nitrogen and oxygen atoms in total. The molecule has 1 aliphatic heterocycles. The van der Waals surface area contributed by atoms with Crippen molar-refractivity contribution in [3.8, 4) is 5.75 Å². The van der Waals surface area contributed by atoms with Gasteiger partial charge < -0.3 is 4.74 Å². The number of carbonyl (C=O) groups excluding carboxylic acids is 1. The first-order chi connectivity index (χ1) is 12.6. The summed E-state index contributed by atoms with van der Waals surface area (Å²) in [5, 5.41) is 0. The van der Waals surface area contributed by atoms with E-state index in [9.17, 15) is 9.18 Å². The summed E-state index contributed by atoms with van der Waals surface area (Å²) in [6, 6.07) is 13.7. The highest BCUT2D eigenvalue weighted by atomic mass is 32.2. The van der Waals surface area contributed by atoms with Crippen molar-refractivity contribution in [2.24, 2.45) is 0 Å². The number of thioether (sulfide) groups is 1. The molecule has 2 aromatic carbocycles. The summed E-state index contributed by atoms with van der Waals surface area (Å²) in [5.74, 6) is 0.422. The van der Waals surface area contributed by atoms with Crippen molar-refractivity contribution in [2.75, 3.05) is 6.54 Å². The summed E-state index contributed by atoms with van der Waals surface area (Å²) in [6.07, 6.45) is 2.72. The van der Waals surface area contributed by atoms with E-state index in [2.05, 4.69) is 0 Å². The van der Waals surface area contributed by atoms with Gasteiger partial charge in [0, 0.05) is 6.54 Å². The van der Waals surface area contributed by atoms with Gasteiger partial charge in [-0.1, -0.05) is 55.2 Å². The minimum Gasteiger partial charge on any atom is -0.489 e. The maximum atomic E-state index is 12.9. The molecule has 0 aromatic heterocycles. The molecule has 1 aliphatic rings. The molecule has 134 valence electrons. The molecule has 0 spiro atoms. The van der Waals surface area contributed by atoms with Gasteiger partial charge in [-0.05, 0) is 47.9 Å². The molecule has 2 aromatic rings. The van der Waals surface area contributed by atoms with E-state index in [0.717, 1.165) is 17.5 Å². The quantitative estimate of drug-likeness (QED) is 0.514. The van der Waals surface area contributed by atoms with Crippen LogP contribution in [-0.4, -0.2) is 21.7 Å².